The van der Waals surface area contributed by atoms with E-state index in [1.54, 1.807) is 0 Å². The summed E-state index contributed by atoms with van der Waals surface area (Å²) in [6, 6.07) is 89.3. The molecule has 59 heavy (non-hydrogen) atoms. The van der Waals surface area contributed by atoms with E-state index in [1.165, 1.54) is 53.4 Å². The normalized spacial score (nSPS) is 12.5. The summed E-state index contributed by atoms with van der Waals surface area (Å²) < 4.78 is 0. The van der Waals surface area contributed by atoms with Crippen LogP contribution in [-0.4, -0.2) is 8.07 Å². The van der Waals surface area contributed by atoms with Crippen molar-refractivity contribution in [3.63, 3.8) is 0 Å². The smallest absolute Gasteiger partial charge is 0.181 e. The minimum atomic E-state index is -3.00. The zero-order valence-corrected chi connectivity index (χ0v) is 33.5. The molecule has 0 unspecified atom stereocenters. The average molecular weight is 769 g/mol. The molecule has 0 aliphatic carbocycles. The lowest BCUT2D eigenvalue weighted by atomic mass is 9.92. The number of nitrogens with zero attached hydrogens (tertiary/aromatic N) is 2. The van der Waals surface area contributed by atoms with Gasteiger partial charge in [0.05, 0.1) is 0 Å². The highest BCUT2D eigenvalue weighted by Crippen LogP contribution is 2.44. The van der Waals surface area contributed by atoms with Gasteiger partial charge in [0.1, 0.15) is 0 Å². The van der Waals surface area contributed by atoms with Gasteiger partial charge >= 0.3 is 0 Å². The Labute approximate surface area is 346 Å². The van der Waals surface area contributed by atoms with Crippen molar-refractivity contribution >= 4 is 84.5 Å². The zero-order chi connectivity index (χ0) is 39.2. The van der Waals surface area contributed by atoms with Gasteiger partial charge < -0.3 is 9.80 Å². The molecule has 0 saturated carbocycles. The predicted octanol–water partition coefficient (Wildman–Crippen LogP) is 12.3. The van der Waals surface area contributed by atoms with Gasteiger partial charge in [0.15, 0.2) is 8.07 Å². The number of rotatable bonds is 8. The summed E-state index contributed by atoms with van der Waals surface area (Å²) in [6.45, 7) is 0. The minimum Gasteiger partial charge on any atom is -0.311 e. The first-order chi connectivity index (χ1) is 29.3. The van der Waals surface area contributed by atoms with E-state index in [4.69, 9.17) is 0 Å². The molecule has 1 heterocycles. The van der Waals surface area contributed by atoms with Gasteiger partial charge in [0, 0.05) is 34.1 Å². The maximum absolute atomic E-state index is 3.00. The Kier molecular flexibility index (Phi) is 8.53. The van der Waals surface area contributed by atoms with Crippen LogP contribution in [0.1, 0.15) is 0 Å². The van der Waals surface area contributed by atoms with Crippen molar-refractivity contribution in [1.29, 1.82) is 0 Å². The van der Waals surface area contributed by atoms with Crippen LogP contribution in [0.25, 0.3) is 32.7 Å². The number of anilines is 6. The van der Waals surface area contributed by atoms with E-state index in [9.17, 15) is 0 Å². The van der Waals surface area contributed by atoms with Crippen LogP contribution in [0.15, 0.2) is 243 Å². The van der Waals surface area contributed by atoms with E-state index in [2.05, 4.69) is 252 Å². The summed E-state index contributed by atoms with van der Waals surface area (Å²) in [4.78, 5) is 4.78. The van der Waals surface area contributed by atoms with Gasteiger partial charge in [-0.05, 0) is 126 Å². The standard InChI is InChI=1S/C56H40N2Si/c1-7-21-41(22-8-1)57(42-23-9-2-10-24-42)45-35-37-51-53(39-45)49-33-19-20-34-50(49)55-52-38-36-46(58(43-25-11-3-12-26-43)44-27-13-4-14-28-44)40-54(52)59(56(51)55,47-29-15-5-16-30-47)48-31-17-6-18-32-48/h1-40H. The van der Waals surface area contributed by atoms with Crippen molar-refractivity contribution in [2.45, 2.75) is 0 Å². The third-order valence-corrected chi connectivity index (χ3v) is 16.9. The Bertz CT molecular complexity index is 2960. The summed E-state index contributed by atoms with van der Waals surface area (Å²) in [5, 5.41) is 10.8. The molecule has 3 heteroatoms. The van der Waals surface area contributed by atoms with Gasteiger partial charge in [-0.25, -0.2) is 0 Å². The largest absolute Gasteiger partial charge is 0.311 e. The van der Waals surface area contributed by atoms with Crippen LogP contribution in [0, 0.1) is 0 Å². The predicted molar refractivity (Wildman–Crippen MR) is 253 cm³/mol. The maximum Gasteiger partial charge on any atom is 0.181 e. The lowest BCUT2D eigenvalue weighted by molar-refractivity contribution is 1.29. The fourth-order valence-corrected chi connectivity index (χ4v) is 15.1. The first-order valence-electron chi connectivity index (χ1n) is 20.4. The molecule has 11 rings (SSSR count). The Hall–Kier alpha value is -7.46. The summed E-state index contributed by atoms with van der Waals surface area (Å²) in [7, 11) is -3.00. The third-order valence-electron chi connectivity index (χ3n) is 12.0. The molecule has 0 radical (unpaired) electrons. The molecule has 10 aromatic carbocycles. The van der Waals surface area contributed by atoms with Crippen molar-refractivity contribution in [3.05, 3.63) is 243 Å². The molecule has 0 atom stereocenters. The van der Waals surface area contributed by atoms with E-state index in [0.717, 1.165) is 34.1 Å². The van der Waals surface area contributed by atoms with Crippen LogP contribution in [0.3, 0.4) is 0 Å². The monoisotopic (exact) mass is 768 g/mol. The zero-order valence-electron chi connectivity index (χ0n) is 32.5. The molecule has 0 bridgehead atoms. The molecule has 0 amide bonds. The summed E-state index contributed by atoms with van der Waals surface area (Å²) in [6.07, 6.45) is 0. The fourth-order valence-electron chi connectivity index (χ4n) is 9.67. The summed E-state index contributed by atoms with van der Waals surface area (Å²) in [5.74, 6) is 0. The molecule has 10 aromatic rings. The lowest BCUT2D eigenvalue weighted by Gasteiger charge is -2.34. The van der Waals surface area contributed by atoms with Crippen LogP contribution < -0.4 is 30.5 Å². The summed E-state index contributed by atoms with van der Waals surface area (Å²) >= 11 is 0. The van der Waals surface area contributed by atoms with Crippen LogP contribution in [0.5, 0.6) is 0 Å². The van der Waals surface area contributed by atoms with E-state index in [0.29, 0.717) is 0 Å². The van der Waals surface area contributed by atoms with E-state index >= 15 is 0 Å². The van der Waals surface area contributed by atoms with Gasteiger partial charge in [-0.15, -0.1) is 0 Å². The van der Waals surface area contributed by atoms with Gasteiger partial charge in [0.25, 0.3) is 0 Å². The highest BCUT2D eigenvalue weighted by atomic mass is 28.3. The van der Waals surface area contributed by atoms with E-state index in [-0.39, 0.29) is 0 Å². The SMILES string of the molecule is c1ccc(N(c2ccccc2)c2ccc3c(c2)[Si](c2ccccc2)(c2ccccc2)c2c-3c3ccccc3c3cc(N(c4ccccc4)c4ccccc4)ccc23)cc1. The van der Waals surface area contributed by atoms with Crippen molar-refractivity contribution in [3.8, 4) is 11.1 Å². The van der Waals surface area contributed by atoms with Crippen LogP contribution in [-0.2, 0) is 0 Å². The first-order valence-corrected chi connectivity index (χ1v) is 22.4. The van der Waals surface area contributed by atoms with Gasteiger partial charge in [-0.3, -0.25) is 0 Å². The molecular weight excluding hydrogens is 729 g/mol. The Morgan fingerprint density at radius 3 is 1.14 bits per heavy atom. The number of benzene rings is 10. The van der Waals surface area contributed by atoms with Gasteiger partial charge in [0.2, 0.25) is 0 Å². The van der Waals surface area contributed by atoms with Crippen LogP contribution in [0.2, 0.25) is 0 Å². The molecule has 0 aromatic heterocycles. The van der Waals surface area contributed by atoms with E-state index < -0.39 is 8.07 Å². The van der Waals surface area contributed by atoms with Crippen LogP contribution in [0.4, 0.5) is 34.1 Å². The average Bonchev–Trinajstić information content (AvgIpc) is 3.63. The molecule has 278 valence electrons. The fraction of sp³-hybridized carbons (Fsp3) is 0. The number of hydrogen-bond acceptors (Lipinski definition) is 2. The van der Waals surface area contributed by atoms with Crippen molar-refractivity contribution in [2.75, 3.05) is 9.80 Å². The second-order valence-corrected chi connectivity index (χ2v) is 18.9. The number of para-hydroxylation sites is 4. The molecule has 0 N–H and O–H groups in total. The van der Waals surface area contributed by atoms with Crippen LogP contribution >= 0.6 is 0 Å². The quantitative estimate of drug-likeness (QED) is 0.112. The molecule has 0 spiro atoms. The molecule has 1 aliphatic heterocycles. The second-order valence-electron chi connectivity index (χ2n) is 15.3. The Balaban J connectivity index is 1.26. The molecule has 0 fully saturated rings. The molecule has 2 nitrogen and oxygen atoms in total. The van der Waals surface area contributed by atoms with Crippen molar-refractivity contribution in [1.82, 2.24) is 0 Å². The Morgan fingerprint density at radius 1 is 0.271 bits per heavy atom. The summed E-state index contributed by atoms with van der Waals surface area (Å²) in [5.41, 5.74) is 9.47. The lowest BCUT2D eigenvalue weighted by Crippen LogP contribution is -2.73. The minimum absolute atomic E-state index is 1.13. The maximum atomic E-state index is 2.53. The van der Waals surface area contributed by atoms with Gasteiger partial charge in [-0.2, -0.15) is 0 Å². The van der Waals surface area contributed by atoms with E-state index in [1.807, 2.05) is 0 Å². The topological polar surface area (TPSA) is 6.48 Å². The Morgan fingerprint density at radius 2 is 0.661 bits per heavy atom. The highest BCUT2D eigenvalue weighted by molar-refractivity contribution is 7.23. The first kappa shape index (κ1) is 34.8. The second kappa shape index (κ2) is 14.5. The van der Waals surface area contributed by atoms with Gasteiger partial charge in [-0.1, -0.05) is 170 Å². The number of hydrogen-bond donors (Lipinski definition) is 0. The number of fused-ring (bicyclic) bond motifs is 8. The molecule has 1 aliphatic rings. The third kappa shape index (κ3) is 5.62. The van der Waals surface area contributed by atoms with Crippen molar-refractivity contribution < 1.29 is 0 Å². The molecule has 0 saturated heterocycles. The van der Waals surface area contributed by atoms with Crippen molar-refractivity contribution in [2.24, 2.45) is 0 Å². The highest BCUT2D eigenvalue weighted by Gasteiger charge is 2.50. The molecular formula is C56H40N2Si.